The number of piperidine rings is 1. The molecule has 1 amide bonds. The fourth-order valence-corrected chi connectivity index (χ4v) is 3.64. The smallest absolute Gasteiger partial charge is 0.272 e. The van der Waals surface area contributed by atoms with Crippen molar-refractivity contribution >= 4 is 11.6 Å². The van der Waals surface area contributed by atoms with E-state index in [1.165, 1.54) is 4.52 Å². The first-order chi connectivity index (χ1) is 12.6. The standard InChI is InChI=1S/C18H22N6O2/c1-3-12-10-17(25)24-16(20-12)11-13(21-24)14-6-4-5-9-23(14)18(26)15-7-8-19-22(15)2/h7-8,10-11,14,21H,3-6,9H2,1-2H3. The van der Waals surface area contributed by atoms with E-state index >= 15 is 0 Å². The average Bonchev–Trinajstić information content (AvgIpc) is 3.27. The molecular weight excluding hydrogens is 332 g/mol. The van der Waals surface area contributed by atoms with Crippen molar-refractivity contribution < 1.29 is 4.79 Å². The molecule has 0 aliphatic carbocycles. The highest BCUT2D eigenvalue weighted by atomic mass is 16.2. The second-order valence-corrected chi connectivity index (χ2v) is 6.69. The van der Waals surface area contributed by atoms with Crippen LogP contribution in [0.4, 0.5) is 0 Å². The number of hydrogen-bond acceptors (Lipinski definition) is 4. The SMILES string of the molecule is CCc1cc(=O)n2[nH]c(C3CCCCN3C(=O)c3ccnn3C)cc2n1. The van der Waals surface area contributed by atoms with E-state index in [0.29, 0.717) is 24.3 Å². The Morgan fingerprint density at radius 1 is 1.35 bits per heavy atom. The monoisotopic (exact) mass is 354 g/mol. The minimum Gasteiger partial charge on any atom is -0.329 e. The number of H-pyrrole nitrogens is 1. The number of likely N-dealkylation sites (tertiary alicyclic amines) is 1. The van der Waals surface area contributed by atoms with Gasteiger partial charge in [-0.2, -0.15) is 5.10 Å². The summed E-state index contributed by atoms with van der Waals surface area (Å²) in [4.78, 5) is 31.7. The van der Waals surface area contributed by atoms with Crippen molar-refractivity contribution in [1.29, 1.82) is 0 Å². The van der Waals surface area contributed by atoms with Gasteiger partial charge in [0.2, 0.25) is 0 Å². The molecule has 4 heterocycles. The Balaban J connectivity index is 1.73. The summed E-state index contributed by atoms with van der Waals surface area (Å²) in [6, 6.07) is 5.07. The molecule has 26 heavy (non-hydrogen) atoms. The predicted octanol–water partition coefficient (Wildman–Crippen LogP) is 1.69. The number of aromatic nitrogens is 5. The lowest BCUT2D eigenvalue weighted by molar-refractivity contribution is 0.0594. The van der Waals surface area contributed by atoms with Gasteiger partial charge in [0.1, 0.15) is 5.69 Å². The Kier molecular flexibility index (Phi) is 4.10. The molecule has 1 atom stereocenters. The predicted molar refractivity (Wildman–Crippen MR) is 96.0 cm³/mol. The number of aromatic amines is 1. The highest BCUT2D eigenvalue weighted by molar-refractivity contribution is 5.92. The molecule has 1 unspecified atom stereocenters. The maximum atomic E-state index is 13.0. The highest BCUT2D eigenvalue weighted by Crippen LogP contribution is 2.31. The van der Waals surface area contributed by atoms with Crippen LogP contribution in [-0.4, -0.2) is 41.7 Å². The normalized spacial score (nSPS) is 17.8. The molecule has 1 saturated heterocycles. The molecule has 0 bridgehead atoms. The number of fused-ring (bicyclic) bond motifs is 1. The second-order valence-electron chi connectivity index (χ2n) is 6.69. The summed E-state index contributed by atoms with van der Waals surface area (Å²) in [7, 11) is 1.77. The van der Waals surface area contributed by atoms with Crippen molar-refractivity contribution in [3.05, 3.63) is 51.8 Å². The van der Waals surface area contributed by atoms with Crippen LogP contribution in [0.2, 0.25) is 0 Å². The number of carbonyl (C=O) groups excluding carboxylic acids is 1. The number of carbonyl (C=O) groups is 1. The van der Waals surface area contributed by atoms with E-state index in [0.717, 1.165) is 30.7 Å². The number of nitrogens with one attached hydrogen (secondary N) is 1. The minimum absolute atomic E-state index is 0.0390. The maximum Gasteiger partial charge on any atom is 0.272 e. The van der Waals surface area contributed by atoms with Crippen LogP contribution in [0.25, 0.3) is 5.65 Å². The van der Waals surface area contributed by atoms with E-state index in [1.807, 2.05) is 17.9 Å². The minimum atomic E-state index is -0.126. The molecule has 3 aromatic rings. The van der Waals surface area contributed by atoms with Gasteiger partial charge in [0.05, 0.1) is 11.7 Å². The lowest BCUT2D eigenvalue weighted by Gasteiger charge is -2.35. The summed E-state index contributed by atoms with van der Waals surface area (Å²) >= 11 is 0. The Bertz CT molecular complexity index is 1010. The van der Waals surface area contributed by atoms with Crippen LogP contribution in [0.1, 0.15) is 54.1 Å². The fourth-order valence-electron chi connectivity index (χ4n) is 3.64. The van der Waals surface area contributed by atoms with Gasteiger partial charge in [-0.15, -0.1) is 0 Å². The summed E-state index contributed by atoms with van der Waals surface area (Å²) in [5.41, 5.74) is 2.66. The Morgan fingerprint density at radius 2 is 2.19 bits per heavy atom. The first kappa shape index (κ1) is 16.6. The molecule has 1 fully saturated rings. The van der Waals surface area contributed by atoms with Crippen LogP contribution < -0.4 is 5.56 Å². The molecule has 1 N–H and O–H groups in total. The topological polar surface area (TPSA) is 88.3 Å². The van der Waals surface area contributed by atoms with Crippen molar-refractivity contribution in [2.24, 2.45) is 7.05 Å². The number of nitrogens with zero attached hydrogens (tertiary/aromatic N) is 5. The van der Waals surface area contributed by atoms with Gasteiger partial charge in [-0.25, -0.2) is 9.50 Å². The first-order valence-corrected chi connectivity index (χ1v) is 8.99. The Labute approximate surface area is 150 Å². The van der Waals surface area contributed by atoms with E-state index in [-0.39, 0.29) is 17.5 Å². The zero-order valence-corrected chi connectivity index (χ0v) is 15.0. The molecule has 0 aromatic carbocycles. The van der Waals surface area contributed by atoms with Gasteiger partial charge >= 0.3 is 0 Å². The van der Waals surface area contributed by atoms with Crippen LogP contribution in [0.5, 0.6) is 0 Å². The van der Waals surface area contributed by atoms with E-state index in [9.17, 15) is 9.59 Å². The summed E-state index contributed by atoms with van der Waals surface area (Å²) in [6.45, 7) is 2.66. The molecule has 1 aliphatic rings. The van der Waals surface area contributed by atoms with Crippen molar-refractivity contribution in [3.63, 3.8) is 0 Å². The zero-order chi connectivity index (χ0) is 18.3. The van der Waals surface area contributed by atoms with Crippen molar-refractivity contribution in [3.8, 4) is 0 Å². The van der Waals surface area contributed by atoms with Crippen LogP contribution >= 0.6 is 0 Å². The molecule has 1 aliphatic heterocycles. The van der Waals surface area contributed by atoms with E-state index in [1.54, 1.807) is 30.1 Å². The molecule has 8 heteroatoms. The molecule has 4 rings (SSSR count). The maximum absolute atomic E-state index is 13.0. The lowest BCUT2D eigenvalue weighted by atomic mass is 9.99. The van der Waals surface area contributed by atoms with Crippen molar-refractivity contribution in [2.45, 2.75) is 38.6 Å². The Morgan fingerprint density at radius 3 is 2.92 bits per heavy atom. The molecule has 3 aromatic heterocycles. The molecule has 0 saturated carbocycles. The molecule has 8 nitrogen and oxygen atoms in total. The van der Waals surface area contributed by atoms with Crippen LogP contribution in [0.3, 0.4) is 0 Å². The summed E-state index contributed by atoms with van der Waals surface area (Å²) in [5, 5.41) is 7.26. The third-order valence-corrected chi connectivity index (χ3v) is 5.05. The van der Waals surface area contributed by atoms with E-state index in [4.69, 9.17) is 0 Å². The summed E-state index contributed by atoms with van der Waals surface area (Å²) < 4.78 is 3.05. The number of rotatable bonds is 3. The molecular formula is C18H22N6O2. The summed E-state index contributed by atoms with van der Waals surface area (Å²) in [6.07, 6.45) is 5.20. The van der Waals surface area contributed by atoms with E-state index in [2.05, 4.69) is 15.2 Å². The third-order valence-electron chi connectivity index (χ3n) is 5.05. The van der Waals surface area contributed by atoms with Crippen LogP contribution in [0.15, 0.2) is 29.2 Å². The number of amides is 1. The number of aryl methyl sites for hydroxylation is 2. The van der Waals surface area contributed by atoms with E-state index < -0.39 is 0 Å². The van der Waals surface area contributed by atoms with Crippen LogP contribution in [-0.2, 0) is 13.5 Å². The van der Waals surface area contributed by atoms with Gasteiger partial charge in [-0.1, -0.05) is 6.92 Å². The fraction of sp³-hybridized carbons (Fsp3) is 0.444. The highest BCUT2D eigenvalue weighted by Gasteiger charge is 2.31. The Hall–Kier alpha value is -2.90. The molecule has 0 radical (unpaired) electrons. The average molecular weight is 354 g/mol. The first-order valence-electron chi connectivity index (χ1n) is 8.99. The summed E-state index contributed by atoms with van der Waals surface area (Å²) in [5.74, 6) is -0.0390. The lowest BCUT2D eigenvalue weighted by Crippen LogP contribution is -2.39. The zero-order valence-electron chi connectivity index (χ0n) is 15.0. The van der Waals surface area contributed by atoms with Gasteiger partial charge in [-0.3, -0.25) is 19.4 Å². The molecule has 0 spiro atoms. The largest absolute Gasteiger partial charge is 0.329 e. The van der Waals surface area contributed by atoms with Gasteiger partial charge < -0.3 is 4.90 Å². The quantitative estimate of drug-likeness (QED) is 0.775. The van der Waals surface area contributed by atoms with Gasteiger partial charge in [0.25, 0.3) is 11.5 Å². The van der Waals surface area contributed by atoms with Crippen LogP contribution in [0, 0.1) is 0 Å². The van der Waals surface area contributed by atoms with Crippen molar-refractivity contribution in [2.75, 3.05) is 6.54 Å². The van der Waals surface area contributed by atoms with Gasteiger partial charge in [-0.05, 0) is 31.7 Å². The molecule has 136 valence electrons. The third kappa shape index (κ3) is 2.71. The second kappa shape index (κ2) is 6.44. The van der Waals surface area contributed by atoms with Gasteiger partial charge in [0, 0.05) is 37.6 Å². The number of hydrogen-bond donors (Lipinski definition) is 1. The van der Waals surface area contributed by atoms with Crippen molar-refractivity contribution in [1.82, 2.24) is 29.3 Å². The van der Waals surface area contributed by atoms with Gasteiger partial charge in [0.15, 0.2) is 5.65 Å².